The Kier molecular flexibility index (Phi) is 6.97. The molecular weight excluding hydrogens is 406 g/mol. The Balaban J connectivity index is 1.35. The van der Waals surface area contributed by atoms with Gasteiger partial charge in [-0.05, 0) is 54.8 Å². The van der Waals surface area contributed by atoms with Gasteiger partial charge in [-0.2, -0.15) is 0 Å². The van der Waals surface area contributed by atoms with E-state index < -0.39 is 0 Å². The van der Waals surface area contributed by atoms with Gasteiger partial charge < -0.3 is 19.5 Å². The van der Waals surface area contributed by atoms with Crippen LogP contribution < -0.4 is 25.1 Å². The molecule has 1 aliphatic rings. The van der Waals surface area contributed by atoms with Crippen LogP contribution in [0.15, 0.2) is 53.3 Å². The molecule has 3 aromatic rings. The second-order valence-electron chi connectivity index (χ2n) is 8.13. The van der Waals surface area contributed by atoms with Crippen molar-refractivity contribution in [1.82, 2.24) is 14.8 Å². The molecule has 4 rings (SSSR count). The number of methoxy groups -OCH3 is 3. The van der Waals surface area contributed by atoms with Gasteiger partial charge >= 0.3 is 0 Å². The molecule has 0 atom stereocenters. The second kappa shape index (κ2) is 10.1. The van der Waals surface area contributed by atoms with E-state index in [-0.39, 0.29) is 5.56 Å². The van der Waals surface area contributed by atoms with E-state index in [0.717, 1.165) is 60.6 Å². The van der Waals surface area contributed by atoms with Crippen molar-refractivity contribution in [3.05, 3.63) is 64.4 Å². The van der Waals surface area contributed by atoms with Crippen molar-refractivity contribution >= 4 is 10.9 Å². The molecule has 7 nitrogen and oxygen atoms in total. The molecular formula is C25H31N3O4. The smallest absolute Gasteiger partial charge is 0.252 e. The molecule has 0 radical (unpaired) electrons. The number of nitrogens with one attached hydrogen (secondary N) is 1. The van der Waals surface area contributed by atoms with Gasteiger partial charge in [-0.3, -0.25) is 14.3 Å². The van der Waals surface area contributed by atoms with Crippen LogP contribution in [0.3, 0.4) is 0 Å². The third kappa shape index (κ3) is 4.89. The summed E-state index contributed by atoms with van der Waals surface area (Å²) in [6.07, 6.45) is 2.08. The number of piperidine rings is 1. The first kappa shape index (κ1) is 22.2. The fourth-order valence-electron chi connectivity index (χ4n) is 4.29. The van der Waals surface area contributed by atoms with Crippen molar-refractivity contribution in [3.8, 4) is 17.2 Å². The molecule has 0 bridgehead atoms. The number of pyridine rings is 1. The first-order valence-electron chi connectivity index (χ1n) is 11.0. The minimum Gasteiger partial charge on any atom is -0.497 e. The summed E-state index contributed by atoms with van der Waals surface area (Å²) in [7, 11) is 4.95. The molecule has 1 fully saturated rings. The Morgan fingerprint density at radius 2 is 1.69 bits per heavy atom. The third-order valence-corrected chi connectivity index (χ3v) is 6.17. The van der Waals surface area contributed by atoms with E-state index in [4.69, 9.17) is 14.2 Å². The van der Waals surface area contributed by atoms with Gasteiger partial charge in [0.25, 0.3) is 5.56 Å². The molecule has 0 amide bonds. The molecule has 1 saturated heterocycles. The minimum absolute atomic E-state index is 0.0244. The lowest BCUT2D eigenvalue weighted by molar-refractivity contribution is 0.159. The van der Waals surface area contributed by atoms with Crippen molar-refractivity contribution in [3.63, 3.8) is 0 Å². The Bertz CT molecular complexity index is 1120. The lowest BCUT2D eigenvalue weighted by Gasteiger charge is -2.33. The predicted octanol–water partition coefficient (Wildman–Crippen LogP) is 3.24. The van der Waals surface area contributed by atoms with Crippen molar-refractivity contribution in [2.45, 2.75) is 32.1 Å². The number of ether oxygens (including phenoxy) is 3. The summed E-state index contributed by atoms with van der Waals surface area (Å²) >= 11 is 0. The highest BCUT2D eigenvalue weighted by molar-refractivity contribution is 5.80. The maximum Gasteiger partial charge on any atom is 0.252 e. The van der Waals surface area contributed by atoms with Gasteiger partial charge in [0.1, 0.15) is 5.75 Å². The number of aromatic nitrogens is 1. The van der Waals surface area contributed by atoms with E-state index in [2.05, 4.69) is 16.3 Å². The average Bonchev–Trinajstić information content (AvgIpc) is 2.84. The monoisotopic (exact) mass is 437 g/mol. The Morgan fingerprint density at radius 1 is 0.906 bits per heavy atom. The highest BCUT2D eigenvalue weighted by Crippen LogP contribution is 2.27. The highest BCUT2D eigenvalue weighted by atomic mass is 16.5. The molecule has 0 saturated carbocycles. The molecule has 32 heavy (non-hydrogen) atoms. The fraction of sp³-hybridized carbons (Fsp3) is 0.400. The van der Waals surface area contributed by atoms with Crippen LogP contribution in [0, 0.1) is 0 Å². The molecule has 170 valence electrons. The van der Waals surface area contributed by atoms with Crippen LogP contribution in [0.5, 0.6) is 17.2 Å². The van der Waals surface area contributed by atoms with E-state index >= 15 is 0 Å². The minimum atomic E-state index is 0.0244. The van der Waals surface area contributed by atoms with Gasteiger partial charge in [0, 0.05) is 37.1 Å². The van der Waals surface area contributed by atoms with Crippen LogP contribution in [-0.4, -0.2) is 49.9 Å². The summed E-state index contributed by atoms with van der Waals surface area (Å²) < 4.78 is 17.9. The van der Waals surface area contributed by atoms with Crippen LogP contribution in [0.1, 0.15) is 18.4 Å². The van der Waals surface area contributed by atoms with Gasteiger partial charge in [0.15, 0.2) is 11.5 Å². The number of benzene rings is 2. The quantitative estimate of drug-likeness (QED) is 0.584. The van der Waals surface area contributed by atoms with Crippen LogP contribution in [-0.2, 0) is 13.2 Å². The van der Waals surface area contributed by atoms with E-state index in [1.807, 2.05) is 41.0 Å². The topological polar surface area (TPSA) is 65.0 Å². The van der Waals surface area contributed by atoms with Gasteiger partial charge in [-0.15, -0.1) is 0 Å². The summed E-state index contributed by atoms with van der Waals surface area (Å²) in [5.74, 6) is 2.29. The Hall–Kier alpha value is -3.03. The molecule has 0 aliphatic carbocycles. The second-order valence-corrected chi connectivity index (χ2v) is 8.13. The maximum atomic E-state index is 12.6. The molecule has 0 spiro atoms. The van der Waals surface area contributed by atoms with Crippen LogP contribution in [0.2, 0.25) is 0 Å². The Morgan fingerprint density at radius 3 is 2.41 bits per heavy atom. The largest absolute Gasteiger partial charge is 0.497 e. The van der Waals surface area contributed by atoms with E-state index in [1.54, 1.807) is 27.4 Å². The summed E-state index contributed by atoms with van der Waals surface area (Å²) in [5.41, 5.74) is 2.13. The number of fused-ring (bicyclic) bond motifs is 1. The zero-order valence-electron chi connectivity index (χ0n) is 19.0. The average molecular weight is 438 g/mol. The summed E-state index contributed by atoms with van der Waals surface area (Å²) in [5, 5.41) is 4.67. The summed E-state index contributed by atoms with van der Waals surface area (Å²) in [6.45, 7) is 3.28. The molecule has 1 aromatic heterocycles. The van der Waals surface area contributed by atoms with Crippen LogP contribution >= 0.6 is 0 Å². The van der Waals surface area contributed by atoms with Gasteiger partial charge in [0.05, 0.1) is 33.5 Å². The van der Waals surface area contributed by atoms with Crippen molar-refractivity contribution < 1.29 is 14.2 Å². The van der Waals surface area contributed by atoms with E-state index in [0.29, 0.717) is 12.7 Å². The SMILES string of the molecule is COc1ccc2c(ccc(=O)n2CN2CCC(NCc3ccc(OC)c(OC)c3)CC2)c1. The van der Waals surface area contributed by atoms with Gasteiger partial charge in [-0.25, -0.2) is 0 Å². The Labute approximate surface area is 188 Å². The number of likely N-dealkylation sites (tertiary alicyclic amines) is 1. The molecule has 2 aromatic carbocycles. The third-order valence-electron chi connectivity index (χ3n) is 6.17. The number of hydrogen-bond acceptors (Lipinski definition) is 6. The molecule has 7 heteroatoms. The predicted molar refractivity (Wildman–Crippen MR) is 126 cm³/mol. The number of hydrogen-bond donors (Lipinski definition) is 1. The van der Waals surface area contributed by atoms with E-state index in [9.17, 15) is 4.79 Å². The zero-order valence-corrected chi connectivity index (χ0v) is 19.0. The number of nitrogens with zero attached hydrogens (tertiary/aromatic N) is 2. The fourth-order valence-corrected chi connectivity index (χ4v) is 4.29. The molecule has 1 aliphatic heterocycles. The van der Waals surface area contributed by atoms with Gasteiger partial charge in [0.2, 0.25) is 0 Å². The number of rotatable bonds is 8. The van der Waals surface area contributed by atoms with E-state index in [1.165, 1.54) is 5.56 Å². The van der Waals surface area contributed by atoms with Crippen molar-refractivity contribution in [2.24, 2.45) is 0 Å². The zero-order chi connectivity index (χ0) is 22.5. The molecule has 1 N–H and O–H groups in total. The molecule has 2 heterocycles. The molecule has 0 unspecified atom stereocenters. The lowest BCUT2D eigenvalue weighted by atomic mass is 10.0. The van der Waals surface area contributed by atoms with Crippen molar-refractivity contribution in [1.29, 1.82) is 0 Å². The van der Waals surface area contributed by atoms with Gasteiger partial charge in [-0.1, -0.05) is 6.07 Å². The lowest BCUT2D eigenvalue weighted by Crippen LogP contribution is -2.43. The van der Waals surface area contributed by atoms with Crippen LogP contribution in [0.4, 0.5) is 0 Å². The van der Waals surface area contributed by atoms with Crippen LogP contribution in [0.25, 0.3) is 10.9 Å². The maximum absolute atomic E-state index is 12.6. The van der Waals surface area contributed by atoms with Crippen molar-refractivity contribution in [2.75, 3.05) is 34.4 Å². The highest BCUT2D eigenvalue weighted by Gasteiger charge is 2.20. The first-order chi connectivity index (χ1) is 15.6. The standard InChI is InChI=1S/C25H31N3O4/c1-30-21-6-7-22-19(15-21)5-9-25(29)28(22)17-27-12-10-20(11-13-27)26-16-18-4-8-23(31-2)24(14-18)32-3/h4-9,14-15,20,26H,10-13,16-17H2,1-3H3. The summed E-state index contributed by atoms with van der Waals surface area (Å²) in [4.78, 5) is 14.9. The normalized spacial score (nSPS) is 15.1. The summed E-state index contributed by atoms with van der Waals surface area (Å²) in [6, 6.07) is 15.8. The first-order valence-corrected chi connectivity index (χ1v) is 11.0.